The van der Waals surface area contributed by atoms with Gasteiger partial charge in [0, 0.05) is 45.3 Å². The number of nitrogens with one attached hydrogen (secondary N) is 1. The Morgan fingerprint density at radius 3 is 2.42 bits per heavy atom. The van der Waals surface area contributed by atoms with Crippen molar-refractivity contribution in [1.82, 2.24) is 19.4 Å². The summed E-state index contributed by atoms with van der Waals surface area (Å²) in [5, 5.41) is 3.23. The van der Waals surface area contributed by atoms with E-state index < -0.39 is 10.0 Å². The number of amides is 1. The van der Waals surface area contributed by atoms with Gasteiger partial charge in [0.1, 0.15) is 0 Å². The fourth-order valence-corrected chi connectivity index (χ4v) is 5.73. The zero-order chi connectivity index (χ0) is 22.4. The average molecular weight is 451 g/mol. The molecule has 2 fully saturated rings. The highest BCUT2D eigenvalue weighted by atomic mass is 32.2. The molecule has 3 rings (SSSR count). The first kappa shape index (κ1) is 24.2. The van der Waals surface area contributed by atoms with Crippen molar-refractivity contribution >= 4 is 15.9 Å². The number of sulfonamides is 1. The highest BCUT2D eigenvalue weighted by molar-refractivity contribution is 7.89. The largest absolute Gasteiger partial charge is 0.339 e. The molecule has 1 aromatic rings. The molecule has 1 atom stereocenters. The Balaban J connectivity index is 1.77. The van der Waals surface area contributed by atoms with Crippen LogP contribution in [0.3, 0.4) is 0 Å². The van der Waals surface area contributed by atoms with Crippen molar-refractivity contribution in [2.24, 2.45) is 0 Å². The molecule has 2 heterocycles. The van der Waals surface area contributed by atoms with Crippen LogP contribution in [0.15, 0.2) is 29.2 Å². The zero-order valence-corrected chi connectivity index (χ0v) is 20.0. The second-order valence-corrected chi connectivity index (χ2v) is 11.0. The molecule has 7 nitrogen and oxygen atoms in total. The minimum atomic E-state index is -3.75. The van der Waals surface area contributed by atoms with Crippen molar-refractivity contribution in [3.63, 3.8) is 0 Å². The third kappa shape index (κ3) is 6.28. The summed E-state index contributed by atoms with van der Waals surface area (Å²) in [5.41, 5.74) is 1.10. The normalized spacial score (nSPS) is 21.1. The van der Waals surface area contributed by atoms with Crippen LogP contribution in [-0.4, -0.2) is 86.8 Å². The Kier molecular flexibility index (Phi) is 8.50. The van der Waals surface area contributed by atoms with Gasteiger partial charge in [0.2, 0.25) is 15.9 Å². The van der Waals surface area contributed by atoms with Crippen molar-refractivity contribution in [2.45, 2.75) is 56.9 Å². The maximum absolute atomic E-state index is 13.5. The van der Waals surface area contributed by atoms with E-state index in [-0.39, 0.29) is 17.3 Å². The maximum Gasteiger partial charge on any atom is 0.243 e. The summed E-state index contributed by atoms with van der Waals surface area (Å²) in [4.78, 5) is 17.3. The number of nitrogens with zero attached hydrogens (tertiary/aromatic N) is 3. The standard InChI is InChI=1S/C23H38N4O3S/c1-19(2)21-7-9-22(10-8-21)31(29,30)27(17-16-25-13-5-4-6-20(25)3)18-23(28)26-14-11-24-12-15-26/h7-10,19-20,24H,4-6,11-18H2,1-3H3/t20-/m0/s1. The van der Waals surface area contributed by atoms with E-state index in [2.05, 4.69) is 31.0 Å². The van der Waals surface area contributed by atoms with Crippen LogP contribution in [0.4, 0.5) is 0 Å². The molecule has 0 bridgehead atoms. The molecule has 0 unspecified atom stereocenters. The molecule has 1 aromatic carbocycles. The Bertz CT molecular complexity index is 820. The van der Waals surface area contributed by atoms with E-state index in [0.29, 0.717) is 38.1 Å². The predicted molar refractivity (Wildman–Crippen MR) is 124 cm³/mol. The molecule has 0 saturated carbocycles. The highest BCUT2D eigenvalue weighted by Crippen LogP contribution is 2.22. The molecular formula is C23H38N4O3S. The van der Waals surface area contributed by atoms with E-state index in [0.717, 1.165) is 38.0 Å². The summed E-state index contributed by atoms with van der Waals surface area (Å²) >= 11 is 0. The fraction of sp³-hybridized carbons (Fsp3) is 0.696. The maximum atomic E-state index is 13.5. The van der Waals surface area contributed by atoms with E-state index >= 15 is 0 Å². The van der Waals surface area contributed by atoms with Gasteiger partial charge < -0.3 is 10.2 Å². The predicted octanol–water partition coefficient (Wildman–Crippen LogP) is 2.11. The summed E-state index contributed by atoms with van der Waals surface area (Å²) in [6, 6.07) is 7.56. The number of piperidine rings is 1. The SMILES string of the molecule is CC(C)c1ccc(S(=O)(=O)N(CCN2CCCC[C@@H]2C)CC(=O)N2CCNCC2)cc1. The molecule has 0 spiro atoms. The second-order valence-electron chi connectivity index (χ2n) is 9.07. The van der Waals surface area contributed by atoms with E-state index in [1.165, 1.54) is 10.7 Å². The van der Waals surface area contributed by atoms with Gasteiger partial charge in [0.05, 0.1) is 11.4 Å². The first-order chi connectivity index (χ1) is 14.8. The van der Waals surface area contributed by atoms with Gasteiger partial charge in [-0.2, -0.15) is 4.31 Å². The van der Waals surface area contributed by atoms with Crippen molar-refractivity contribution in [1.29, 1.82) is 0 Å². The van der Waals surface area contributed by atoms with Gasteiger partial charge in [0.25, 0.3) is 0 Å². The van der Waals surface area contributed by atoms with Crippen molar-refractivity contribution in [3.8, 4) is 0 Å². The number of likely N-dealkylation sites (tertiary alicyclic amines) is 1. The smallest absolute Gasteiger partial charge is 0.243 e. The van der Waals surface area contributed by atoms with Gasteiger partial charge in [-0.05, 0) is 49.9 Å². The number of rotatable bonds is 8. The lowest BCUT2D eigenvalue weighted by molar-refractivity contribution is -0.132. The topological polar surface area (TPSA) is 73.0 Å². The Hall–Kier alpha value is -1.48. The van der Waals surface area contributed by atoms with Crippen LogP contribution in [0, 0.1) is 0 Å². The van der Waals surface area contributed by atoms with Crippen LogP contribution in [0.5, 0.6) is 0 Å². The molecule has 2 aliphatic heterocycles. The molecule has 2 saturated heterocycles. The van der Waals surface area contributed by atoms with Crippen LogP contribution in [-0.2, 0) is 14.8 Å². The first-order valence-corrected chi connectivity index (χ1v) is 13.1. The summed E-state index contributed by atoms with van der Waals surface area (Å²) in [6.45, 7) is 11.0. The second kappa shape index (κ2) is 10.9. The van der Waals surface area contributed by atoms with Crippen molar-refractivity contribution in [2.75, 3.05) is 52.4 Å². The van der Waals surface area contributed by atoms with Crippen LogP contribution >= 0.6 is 0 Å². The lowest BCUT2D eigenvalue weighted by Gasteiger charge is -2.35. The number of benzene rings is 1. The Labute approximate surface area is 187 Å². The van der Waals surface area contributed by atoms with Gasteiger partial charge in [0.15, 0.2) is 0 Å². The quantitative estimate of drug-likeness (QED) is 0.657. The van der Waals surface area contributed by atoms with Gasteiger partial charge in [-0.15, -0.1) is 0 Å². The monoisotopic (exact) mass is 450 g/mol. The molecule has 0 aliphatic carbocycles. The van der Waals surface area contributed by atoms with Gasteiger partial charge in [-0.25, -0.2) is 8.42 Å². The van der Waals surface area contributed by atoms with Crippen molar-refractivity contribution < 1.29 is 13.2 Å². The van der Waals surface area contributed by atoms with Crippen LogP contribution in [0.25, 0.3) is 0 Å². The Morgan fingerprint density at radius 1 is 1.13 bits per heavy atom. The highest BCUT2D eigenvalue weighted by Gasteiger charge is 2.30. The number of hydrogen-bond donors (Lipinski definition) is 1. The Morgan fingerprint density at radius 2 is 1.81 bits per heavy atom. The number of carbonyl (C=O) groups excluding carboxylic acids is 1. The fourth-order valence-electron chi connectivity index (χ4n) is 4.35. The van der Waals surface area contributed by atoms with Gasteiger partial charge in [-0.3, -0.25) is 9.69 Å². The van der Waals surface area contributed by atoms with Gasteiger partial charge in [-0.1, -0.05) is 32.4 Å². The van der Waals surface area contributed by atoms with Crippen LogP contribution < -0.4 is 5.32 Å². The van der Waals surface area contributed by atoms with Gasteiger partial charge >= 0.3 is 0 Å². The molecule has 0 radical (unpaired) electrons. The number of piperazine rings is 1. The lowest BCUT2D eigenvalue weighted by Crippen LogP contribution is -2.51. The number of hydrogen-bond acceptors (Lipinski definition) is 5. The molecule has 31 heavy (non-hydrogen) atoms. The summed E-state index contributed by atoms with van der Waals surface area (Å²) < 4.78 is 28.4. The summed E-state index contributed by atoms with van der Waals surface area (Å²) in [6.07, 6.45) is 3.51. The van der Waals surface area contributed by atoms with E-state index in [1.807, 2.05) is 12.1 Å². The molecule has 8 heteroatoms. The minimum absolute atomic E-state index is 0.101. The third-order valence-corrected chi connectivity index (χ3v) is 8.40. The molecule has 2 aliphatic rings. The van der Waals surface area contributed by atoms with E-state index in [9.17, 15) is 13.2 Å². The first-order valence-electron chi connectivity index (χ1n) is 11.6. The van der Waals surface area contributed by atoms with Crippen LogP contribution in [0.2, 0.25) is 0 Å². The molecule has 1 amide bonds. The molecule has 1 N–H and O–H groups in total. The minimum Gasteiger partial charge on any atom is -0.339 e. The van der Waals surface area contributed by atoms with E-state index in [1.54, 1.807) is 17.0 Å². The van der Waals surface area contributed by atoms with Crippen molar-refractivity contribution in [3.05, 3.63) is 29.8 Å². The lowest BCUT2D eigenvalue weighted by atomic mass is 10.0. The molecule has 174 valence electrons. The summed E-state index contributed by atoms with van der Waals surface area (Å²) in [7, 11) is -3.75. The van der Waals surface area contributed by atoms with E-state index in [4.69, 9.17) is 0 Å². The molecule has 0 aromatic heterocycles. The molecular weight excluding hydrogens is 412 g/mol. The average Bonchev–Trinajstić information content (AvgIpc) is 2.78. The zero-order valence-electron chi connectivity index (χ0n) is 19.2. The third-order valence-electron chi connectivity index (χ3n) is 6.54. The number of carbonyl (C=O) groups is 1. The summed E-state index contributed by atoms with van der Waals surface area (Å²) in [5.74, 6) is 0.221. The van der Waals surface area contributed by atoms with Crippen LogP contribution in [0.1, 0.15) is 51.5 Å².